The summed E-state index contributed by atoms with van der Waals surface area (Å²) >= 11 is 0. The SMILES string of the molecule is O=C(CCN1CCN(c2ccccc2)CC1)Nc1ccccc1C[P+](c1ccccc1)(c1ccccc1)c1ccccc1. The topological polar surface area (TPSA) is 35.6 Å². The second kappa shape index (κ2) is 13.8. The molecule has 1 saturated heterocycles. The first-order valence-corrected chi connectivity index (χ1v) is 17.1. The van der Waals surface area contributed by atoms with Gasteiger partial charge >= 0.3 is 0 Å². The minimum absolute atomic E-state index is 0.0704. The van der Waals surface area contributed by atoms with E-state index in [1.807, 2.05) is 6.07 Å². The van der Waals surface area contributed by atoms with Crippen LogP contribution in [0.1, 0.15) is 12.0 Å². The third-order valence-electron chi connectivity index (χ3n) is 8.44. The Kier molecular flexibility index (Phi) is 9.28. The van der Waals surface area contributed by atoms with Crippen LogP contribution in [-0.2, 0) is 11.0 Å². The van der Waals surface area contributed by atoms with Crippen LogP contribution in [0.3, 0.4) is 0 Å². The minimum atomic E-state index is -2.08. The maximum Gasteiger partial charge on any atom is 0.225 e. The monoisotopic (exact) mass is 584 g/mol. The molecular weight excluding hydrogens is 545 g/mol. The first kappa shape index (κ1) is 28.9. The molecule has 0 aromatic heterocycles. The van der Waals surface area contributed by atoms with Crippen LogP contribution in [0.5, 0.6) is 0 Å². The summed E-state index contributed by atoms with van der Waals surface area (Å²) in [6.07, 6.45) is 1.30. The molecule has 0 atom stereocenters. The molecule has 0 unspecified atom stereocenters. The number of para-hydroxylation sites is 2. The fourth-order valence-corrected chi connectivity index (χ4v) is 10.4. The van der Waals surface area contributed by atoms with E-state index in [0.29, 0.717) is 6.42 Å². The van der Waals surface area contributed by atoms with Crippen molar-refractivity contribution >= 4 is 40.5 Å². The van der Waals surface area contributed by atoms with Gasteiger partial charge < -0.3 is 10.2 Å². The van der Waals surface area contributed by atoms with Gasteiger partial charge in [-0.25, -0.2) is 0 Å². The standard InChI is InChI=1S/C38H38N3OP/c42-38(25-26-40-27-29-41(30-28-40)33-16-5-1-6-17-33)39-37-24-14-13-15-32(37)31-43(34-18-7-2-8-19-34,35-20-9-3-10-21-35)36-22-11-4-12-23-36/h1-24H,25-31H2/p+1. The van der Waals surface area contributed by atoms with Crippen LogP contribution in [0.4, 0.5) is 11.4 Å². The van der Waals surface area contributed by atoms with Crippen molar-refractivity contribution in [2.45, 2.75) is 12.6 Å². The number of nitrogens with zero attached hydrogens (tertiary/aromatic N) is 2. The summed E-state index contributed by atoms with van der Waals surface area (Å²) in [7, 11) is -2.08. The Bertz CT molecular complexity index is 1490. The highest BCUT2D eigenvalue weighted by Crippen LogP contribution is 2.58. The molecule has 0 aliphatic carbocycles. The van der Waals surface area contributed by atoms with Gasteiger partial charge in [0.1, 0.15) is 29.3 Å². The lowest BCUT2D eigenvalue weighted by molar-refractivity contribution is -0.116. The fourth-order valence-electron chi connectivity index (χ4n) is 6.14. The number of benzene rings is 5. The molecule has 5 aromatic rings. The molecule has 4 nitrogen and oxygen atoms in total. The maximum absolute atomic E-state index is 13.3. The first-order chi connectivity index (χ1) is 21.2. The number of piperazine rings is 1. The zero-order chi connectivity index (χ0) is 29.3. The van der Waals surface area contributed by atoms with Gasteiger partial charge in [0.25, 0.3) is 0 Å². The van der Waals surface area contributed by atoms with Gasteiger partial charge in [-0.05, 0) is 54.6 Å². The molecule has 43 heavy (non-hydrogen) atoms. The van der Waals surface area contributed by atoms with E-state index in [9.17, 15) is 4.79 Å². The van der Waals surface area contributed by atoms with Crippen molar-refractivity contribution in [3.05, 3.63) is 151 Å². The third kappa shape index (κ3) is 6.72. The summed E-state index contributed by atoms with van der Waals surface area (Å²) in [6, 6.07) is 51.7. The van der Waals surface area contributed by atoms with Crippen molar-refractivity contribution in [2.75, 3.05) is 42.9 Å². The largest absolute Gasteiger partial charge is 0.369 e. The van der Waals surface area contributed by atoms with Gasteiger partial charge in [0.15, 0.2) is 0 Å². The van der Waals surface area contributed by atoms with Crippen molar-refractivity contribution in [2.24, 2.45) is 0 Å². The Morgan fingerprint density at radius 1 is 0.581 bits per heavy atom. The molecular formula is C38H39N3OP+. The van der Waals surface area contributed by atoms with Gasteiger partial charge in [0.05, 0.1) is 0 Å². The van der Waals surface area contributed by atoms with Gasteiger partial charge in [-0.1, -0.05) is 91.0 Å². The smallest absolute Gasteiger partial charge is 0.225 e. The second-order valence-corrected chi connectivity index (χ2v) is 14.6. The van der Waals surface area contributed by atoms with Crippen molar-refractivity contribution in [3.8, 4) is 0 Å². The average molecular weight is 585 g/mol. The van der Waals surface area contributed by atoms with Gasteiger partial charge in [-0.2, -0.15) is 0 Å². The Balaban J connectivity index is 1.21. The Labute approximate surface area is 256 Å². The zero-order valence-corrected chi connectivity index (χ0v) is 25.5. The van der Waals surface area contributed by atoms with E-state index in [1.54, 1.807) is 0 Å². The molecule has 0 radical (unpaired) electrons. The second-order valence-electron chi connectivity index (χ2n) is 11.1. The Hall–Kier alpha value is -4.24. The minimum Gasteiger partial charge on any atom is -0.369 e. The average Bonchev–Trinajstić information content (AvgIpc) is 3.09. The lowest BCUT2D eigenvalue weighted by Gasteiger charge is -2.36. The van der Waals surface area contributed by atoms with E-state index in [2.05, 4.69) is 155 Å². The molecule has 5 aromatic carbocycles. The number of rotatable bonds is 10. The number of amides is 1. The number of carbonyl (C=O) groups excluding carboxylic acids is 1. The summed E-state index contributed by atoms with van der Waals surface area (Å²) < 4.78 is 0. The van der Waals surface area contributed by atoms with Crippen LogP contribution in [0.2, 0.25) is 0 Å². The van der Waals surface area contributed by atoms with E-state index >= 15 is 0 Å². The van der Waals surface area contributed by atoms with E-state index < -0.39 is 7.26 Å². The number of hydrogen-bond donors (Lipinski definition) is 1. The molecule has 0 saturated carbocycles. The molecule has 1 fully saturated rings. The number of nitrogens with one attached hydrogen (secondary N) is 1. The summed E-state index contributed by atoms with van der Waals surface area (Å²) in [5.74, 6) is 0.0704. The first-order valence-electron chi connectivity index (χ1n) is 15.2. The normalized spacial score (nSPS) is 13.9. The molecule has 6 rings (SSSR count). The molecule has 1 amide bonds. The highest BCUT2D eigenvalue weighted by Gasteiger charge is 2.45. The van der Waals surface area contributed by atoms with Crippen molar-refractivity contribution in [1.29, 1.82) is 0 Å². The van der Waals surface area contributed by atoms with E-state index in [4.69, 9.17) is 0 Å². The lowest BCUT2D eigenvalue weighted by atomic mass is 10.2. The molecule has 1 aliphatic heterocycles. The molecule has 1 heterocycles. The van der Waals surface area contributed by atoms with Crippen molar-refractivity contribution in [1.82, 2.24) is 4.90 Å². The Morgan fingerprint density at radius 2 is 1.05 bits per heavy atom. The van der Waals surface area contributed by atoms with Crippen LogP contribution < -0.4 is 26.1 Å². The molecule has 0 spiro atoms. The summed E-state index contributed by atoms with van der Waals surface area (Å²) in [4.78, 5) is 18.2. The van der Waals surface area contributed by atoms with Crippen LogP contribution in [-0.4, -0.2) is 43.5 Å². The van der Waals surface area contributed by atoms with Crippen molar-refractivity contribution < 1.29 is 4.79 Å². The number of anilines is 2. The molecule has 0 bridgehead atoms. The van der Waals surface area contributed by atoms with E-state index in [0.717, 1.165) is 50.1 Å². The van der Waals surface area contributed by atoms with Crippen LogP contribution in [0.25, 0.3) is 0 Å². The van der Waals surface area contributed by atoms with Gasteiger partial charge in [0.2, 0.25) is 5.91 Å². The van der Waals surface area contributed by atoms with Crippen LogP contribution in [0.15, 0.2) is 146 Å². The van der Waals surface area contributed by atoms with Gasteiger partial charge in [-0.15, -0.1) is 0 Å². The summed E-state index contributed by atoms with van der Waals surface area (Å²) in [5, 5.41) is 7.31. The van der Waals surface area contributed by atoms with E-state index in [1.165, 1.54) is 21.6 Å². The lowest BCUT2D eigenvalue weighted by Crippen LogP contribution is -2.47. The highest BCUT2D eigenvalue weighted by atomic mass is 31.2. The number of hydrogen-bond acceptors (Lipinski definition) is 3. The summed E-state index contributed by atoms with van der Waals surface area (Å²) in [6.45, 7) is 4.68. The predicted molar refractivity (Wildman–Crippen MR) is 184 cm³/mol. The molecule has 1 N–H and O–H groups in total. The summed E-state index contributed by atoms with van der Waals surface area (Å²) in [5.41, 5.74) is 3.35. The molecule has 1 aliphatic rings. The highest BCUT2D eigenvalue weighted by molar-refractivity contribution is 7.95. The Morgan fingerprint density at radius 3 is 1.58 bits per heavy atom. The number of carbonyl (C=O) groups is 1. The van der Waals surface area contributed by atoms with Crippen LogP contribution in [0, 0.1) is 0 Å². The predicted octanol–water partition coefficient (Wildman–Crippen LogP) is 6.33. The maximum atomic E-state index is 13.3. The van der Waals surface area contributed by atoms with Gasteiger partial charge in [-0.3, -0.25) is 9.69 Å². The van der Waals surface area contributed by atoms with Gasteiger partial charge in [0, 0.05) is 56.1 Å². The quantitative estimate of drug-likeness (QED) is 0.195. The van der Waals surface area contributed by atoms with Crippen LogP contribution >= 0.6 is 7.26 Å². The third-order valence-corrected chi connectivity index (χ3v) is 12.8. The fraction of sp³-hybridized carbons (Fsp3) is 0.184. The molecule has 5 heteroatoms. The zero-order valence-electron chi connectivity index (χ0n) is 24.6. The van der Waals surface area contributed by atoms with E-state index in [-0.39, 0.29) is 5.91 Å². The molecule has 216 valence electrons. The van der Waals surface area contributed by atoms with Crippen molar-refractivity contribution in [3.63, 3.8) is 0 Å².